The third kappa shape index (κ3) is 11.0. The monoisotopic (exact) mass is 425 g/mol. The van der Waals surface area contributed by atoms with Gasteiger partial charge in [0.05, 0.1) is 0 Å². The molecule has 0 radical (unpaired) electrons. The van der Waals surface area contributed by atoms with E-state index in [2.05, 4.69) is 50.3 Å². The molecule has 0 spiro atoms. The van der Waals surface area contributed by atoms with Gasteiger partial charge in [-0.2, -0.15) is 0 Å². The summed E-state index contributed by atoms with van der Waals surface area (Å²) in [5.41, 5.74) is 4.24. The van der Waals surface area contributed by atoms with Crippen LogP contribution in [0.5, 0.6) is 0 Å². The van der Waals surface area contributed by atoms with E-state index in [-0.39, 0.29) is 0 Å². The molecule has 0 nitrogen and oxygen atoms in total. The van der Waals surface area contributed by atoms with Crippen LogP contribution >= 0.6 is 0 Å². The molecule has 0 saturated carbocycles. The van der Waals surface area contributed by atoms with Crippen LogP contribution in [0, 0.1) is 13.8 Å². The van der Waals surface area contributed by atoms with Gasteiger partial charge in [0.15, 0.2) is 0 Å². The van der Waals surface area contributed by atoms with E-state index in [0.29, 0.717) is 5.92 Å². The van der Waals surface area contributed by atoms with Crippen LogP contribution in [0.15, 0.2) is 18.2 Å². The minimum absolute atomic E-state index is 0.649. The Morgan fingerprint density at radius 2 is 1.29 bits per heavy atom. The number of rotatable bonds is 1. The summed E-state index contributed by atoms with van der Waals surface area (Å²) in [6.45, 7) is 16.8. The summed E-state index contributed by atoms with van der Waals surface area (Å²) >= 11 is 1.03. The molecule has 1 heteroatoms. The summed E-state index contributed by atoms with van der Waals surface area (Å²) in [6, 6.07) is 6.66. The van der Waals surface area contributed by atoms with Gasteiger partial charge in [0, 0.05) is 0 Å². The minimum atomic E-state index is 0.649. The van der Waals surface area contributed by atoms with Gasteiger partial charge in [-0.3, -0.25) is 0 Å². The number of aryl methyl sites for hydroxylation is 2. The molecule has 0 N–H and O–H groups in total. The molecule has 0 amide bonds. The van der Waals surface area contributed by atoms with Gasteiger partial charge in [0.1, 0.15) is 0 Å². The number of benzene rings is 1. The van der Waals surface area contributed by atoms with Crippen LogP contribution in [0.25, 0.3) is 0 Å². The van der Waals surface area contributed by atoms with Crippen molar-refractivity contribution >= 4 is 0 Å². The second-order valence-corrected chi connectivity index (χ2v) is 3.51. The zero-order valence-corrected chi connectivity index (χ0v) is 19.0. The fourth-order valence-electron chi connectivity index (χ4n) is 1.47. The molecule has 0 aliphatic heterocycles. The van der Waals surface area contributed by atoms with Crippen molar-refractivity contribution in [3.63, 3.8) is 0 Å². The summed E-state index contributed by atoms with van der Waals surface area (Å²) in [5.74, 6) is 0.649. The van der Waals surface area contributed by atoms with Gasteiger partial charge in [-0.05, 0) is 30.9 Å². The molecule has 1 aromatic rings. The zero-order valence-electron chi connectivity index (χ0n) is 13.5. The number of hydrogen-bond donors (Lipinski definition) is 0. The van der Waals surface area contributed by atoms with E-state index in [1.807, 2.05) is 27.7 Å². The van der Waals surface area contributed by atoms with Crippen LogP contribution in [0.3, 0.4) is 0 Å². The summed E-state index contributed by atoms with van der Waals surface area (Å²) in [4.78, 5) is 0. The normalized spacial score (nSPS) is 8.00. The van der Waals surface area contributed by atoms with Crippen LogP contribution in [-0.4, -0.2) is 0 Å². The molecule has 0 aliphatic rings. The molecular weight excluding hydrogens is 393 g/mol. The molecular formula is C16H31Hg. The Labute approximate surface area is 126 Å². The van der Waals surface area contributed by atoms with E-state index in [1.54, 1.807) is 0 Å². The van der Waals surface area contributed by atoms with Crippen molar-refractivity contribution in [2.45, 2.75) is 65.7 Å². The molecule has 97 valence electrons. The molecule has 0 atom stereocenters. The zero-order chi connectivity index (χ0) is 14.4. The molecule has 0 aliphatic carbocycles. The second-order valence-electron chi connectivity index (χ2n) is 3.51. The van der Waals surface area contributed by atoms with E-state index in [9.17, 15) is 0 Å². The van der Waals surface area contributed by atoms with E-state index in [1.165, 1.54) is 16.7 Å². The van der Waals surface area contributed by atoms with Gasteiger partial charge in [-0.15, -0.1) is 0 Å². The topological polar surface area (TPSA) is 0 Å². The van der Waals surface area contributed by atoms with Crippen molar-refractivity contribution in [1.29, 1.82) is 0 Å². The van der Waals surface area contributed by atoms with E-state index < -0.39 is 0 Å². The average Bonchev–Trinajstić information content (AvgIpc) is 2.36. The maximum absolute atomic E-state index is 2.25. The van der Waals surface area contributed by atoms with Crippen LogP contribution in [-0.2, 0) is 26.1 Å². The molecule has 0 aromatic heterocycles. The van der Waals surface area contributed by atoms with E-state index in [0.717, 1.165) is 26.1 Å². The fraction of sp³-hybridized carbons (Fsp3) is 0.625. The Hall–Kier alpha value is 0.155. The Balaban J connectivity index is -0.000000285. The van der Waals surface area contributed by atoms with Gasteiger partial charge in [0.2, 0.25) is 0 Å². The Morgan fingerprint density at radius 1 is 0.882 bits per heavy atom. The quantitative estimate of drug-likeness (QED) is 0.481. The first-order chi connectivity index (χ1) is 8.11. The first-order valence-corrected chi connectivity index (χ1v) is 12.4. The molecule has 0 fully saturated rings. The first kappa shape index (κ1) is 22.3. The molecule has 0 saturated heterocycles. The van der Waals surface area contributed by atoms with Crippen molar-refractivity contribution in [3.05, 3.63) is 34.9 Å². The fourth-order valence-corrected chi connectivity index (χ4v) is 1.47. The third-order valence-corrected chi connectivity index (χ3v) is 2.05. The Morgan fingerprint density at radius 3 is 1.59 bits per heavy atom. The van der Waals surface area contributed by atoms with E-state index >= 15 is 0 Å². The Bertz CT molecular complexity index is 252. The summed E-state index contributed by atoms with van der Waals surface area (Å²) < 4.78 is 2.19. The van der Waals surface area contributed by atoms with E-state index in [4.69, 9.17) is 0 Å². The standard InChI is InChI=1S/C11H16.2C2H6.CH3.Hg/c1-8(2)11-6-5-9(3)7-10(11)4;2*1-2;;/h5-8H,1-4H3;2*1-2H3;1H3;. The molecule has 0 heterocycles. The first-order valence-electron chi connectivity index (χ1n) is 6.89. The van der Waals surface area contributed by atoms with Crippen LogP contribution < -0.4 is 0 Å². The maximum atomic E-state index is 2.25. The van der Waals surface area contributed by atoms with Gasteiger partial charge >= 0.3 is 30.6 Å². The molecule has 1 rings (SSSR count). The Kier molecular flexibility index (Phi) is 21.2. The van der Waals surface area contributed by atoms with Gasteiger partial charge < -0.3 is 0 Å². The molecule has 0 unspecified atom stereocenters. The van der Waals surface area contributed by atoms with Gasteiger partial charge in [0.25, 0.3) is 0 Å². The summed E-state index contributed by atoms with van der Waals surface area (Å²) in [7, 11) is 0. The van der Waals surface area contributed by atoms with Crippen molar-refractivity contribution < 1.29 is 26.1 Å². The number of hydrogen-bond acceptors (Lipinski definition) is 0. The van der Waals surface area contributed by atoms with Crippen LogP contribution in [0.2, 0.25) is 4.43 Å². The predicted octanol–water partition coefficient (Wildman–Crippen LogP) is 6.06. The van der Waals surface area contributed by atoms with Crippen molar-refractivity contribution in [3.8, 4) is 0 Å². The van der Waals surface area contributed by atoms with Gasteiger partial charge in [-0.1, -0.05) is 65.3 Å². The summed E-state index contributed by atoms with van der Waals surface area (Å²) in [6.07, 6.45) is 0. The average molecular weight is 424 g/mol. The molecule has 1 aromatic carbocycles. The van der Waals surface area contributed by atoms with Gasteiger partial charge in [-0.25, -0.2) is 0 Å². The van der Waals surface area contributed by atoms with Crippen molar-refractivity contribution in [2.24, 2.45) is 0 Å². The molecule has 17 heavy (non-hydrogen) atoms. The van der Waals surface area contributed by atoms with Crippen LogP contribution in [0.1, 0.15) is 64.2 Å². The SMILES string of the molecule is CC.CC.Cc1ccc(C(C)C)c(C)c1.[CH3][Hg]. The third-order valence-electron chi connectivity index (χ3n) is 2.05. The summed E-state index contributed by atoms with van der Waals surface area (Å²) in [5, 5.41) is 0. The van der Waals surface area contributed by atoms with Crippen LogP contribution in [0.4, 0.5) is 0 Å². The predicted molar refractivity (Wildman–Crippen MR) is 78.6 cm³/mol. The second kappa shape index (κ2) is 16.2. The molecule has 0 bridgehead atoms. The van der Waals surface area contributed by atoms with Crippen molar-refractivity contribution in [2.75, 3.05) is 0 Å². The van der Waals surface area contributed by atoms with Crippen molar-refractivity contribution in [1.82, 2.24) is 0 Å².